The van der Waals surface area contributed by atoms with Gasteiger partial charge in [-0.15, -0.1) is 0 Å². The van der Waals surface area contributed by atoms with E-state index in [1.807, 2.05) is 18.2 Å². The summed E-state index contributed by atoms with van der Waals surface area (Å²) in [6, 6.07) is 7.72. The lowest BCUT2D eigenvalue weighted by atomic mass is 9.93. The second kappa shape index (κ2) is 5.73. The van der Waals surface area contributed by atoms with Gasteiger partial charge in [-0.05, 0) is 30.9 Å². The lowest BCUT2D eigenvalue weighted by Gasteiger charge is -2.29. The Labute approximate surface area is 113 Å². The zero-order valence-corrected chi connectivity index (χ0v) is 11.1. The van der Waals surface area contributed by atoms with Crippen molar-refractivity contribution in [1.29, 1.82) is 5.41 Å². The third-order valence-corrected chi connectivity index (χ3v) is 3.44. The summed E-state index contributed by atoms with van der Waals surface area (Å²) in [7, 11) is 1.77. The smallest absolute Gasteiger partial charge is 0.317 e. The van der Waals surface area contributed by atoms with Gasteiger partial charge < -0.3 is 16.0 Å². The highest BCUT2D eigenvalue weighted by atomic mass is 16.2. The van der Waals surface area contributed by atoms with Crippen LogP contribution in [0.2, 0.25) is 0 Å². The van der Waals surface area contributed by atoms with Crippen molar-refractivity contribution >= 4 is 11.9 Å². The Morgan fingerprint density at radius 3 is 2.84 bits per heavy atom. The topological polar surface area (TPSA) is 82.2 Å². The first-order valence-electron chi connectivity index (χ1n) is 6.51. The van der Waals surface area contributed by atoms with Gasteiger partial charge in [-0.3, -0.25) is 5.41 Å². The summed E-state index contributed by atoms with van der Waals surface area (Å²) >= 11 is 0. The Bertz CT molecular complexity index is 482. The average Bonchev–Trinajstić information content (AvgIpc) is 2.33. The normalized spacial score (nSPS) is 14.6. The molecule has 0 bridgehead atoms. The van der Waals surface area contributed by atoms with Crippen LogP contribution in [-0.2, 0) is 6.54 Å². The van der Waals surface area contributed by atoms with Crippen molar-refractivity contribution in [2.75, 3.05) is 7.05 Å². The minimum absolute atomic E-state index is 0.0436. The molecule has 4 N–H and O–H groups in total. The van der Waals surface area contributed by atoms with Crippen molar-refractivity contribution < 1.29 is 4.79 Å². The summed E-state index contributed by atoms with van der Waals surface area (Å²) in [4.78, 5) is 13.6. The van der Waals surface area contributed by atoms with Crippen LogP contribution < -0.4 is 11.1 Å². The van der Waals surface area contributed by atoms with Crippen molar-refractivity contribution in [3.63, 3.8) is 0 Å². The highest BCUT2D eigenvalue weighted by Gasteiger charge is 2.21. The van der Waals surface area contributed by atoms with Gasteiger partial charge in [-0.1, -0.05) is 18.2 Å². The first-order valence-corrected chi connectivity index (χ1v) is 6.51. The van der Waals surface area contributed by atoms with Gasteiger partial charge in [0, 0.05) is 25.2 Å². The first-order chi connectivity index (χ1) is 9.06. The predicted molar refractivity (Wildman–Crippen MR) is 75.1 cm³/mol. The van der Waals surface area contributed by atoms with Gasteiger partial charge in [-0.2, -0.15) is 0 Å². The number of nitrogens with zero attached hydrogens (tertiary/aromatic N) is 1. The molecule has 19 heavy (non-hydrogen) atoms. The van der Waals surface area contributed by atoms with Crippen molar-refractivity contribution in [3.8, 4) is 0 Å². The molecule has 1 aliphatic rings. The molecule has 1 saturated carbocycles. The van der Waals surface area contributed by atoms with Crippen LogP contribution >= 0.6 is 0 Å². The summed E-state index contributed by atoms with van der Waals surface area (Å²) < 4.78 is 0. The van der Waals surface area contributed by atoms with Gasteiger partial charge in [0.05, 0.1) is 0 Å². The molecular formula is C14H20N4O. The predicted octanol–water partition coefficient (Wildman–Crippen LogP) is 1.66. The molecule has 0 radical (unpaired) electrons. The van der Waals surface area contributed by atoms with Crippen LogP contribution in [0, 0.1) is 5.41 Å². The van der Waals surface area contributed by atoms with E-state index >= 15 is 0 Å². The lowest BCUT2D eigenvalue weighted by molar-refractivity contribution is 0.195. The fourth-order valence-electron chi connectivity index (χ4n) is 2.02. The third-order valence-electron chi connectivity index (χ3n) is 3.44. The second-order valence-electron chi connectivity index (χ2n) is 5.05. The van der Waals surface area contributed by atoms with Crippen LogP contribution in [0.1, 0.15) is 30.4 Å². The maximum absolute atomic E-state index is 11.9. The highest BCUT2D eigenvalue weighted by molar-refractivity contribution is 5.95. The van der Waals surface area contributed by atoms with Gasteiger partial charge >= 0.3 is 6.03 Å². The number of nitrogens with two attached hydrogens (primary N) is 1. The van der Waals surface area contributed by atoms with Crippen molar-refractivity contribution in [1.82, 2.24) is 10.2 Å². The van der Waals surface area contributed by atoms with E-state index < -0.39 is 0 Å². The molecule has 1 aromatic carbocycles. The van der Waals surface area contributed by atoms with Gasteiger partial charge in [0.25, 0.3) is 0 Å². The lowest BCUT2D eigenvalue weighted by Crippen LogP contribution is -2.45. The number of amidine groups is 1. The molecule has 0 atom stereocenters. The van der Waals surface area contributed by atoms with Crippen LogP contribution in [0.15, 0.2) is 24.3 Å². The van der Waals surface area contributed by atoms with E-state index in [0.29, 0.717) is 18.2 Å². The van der Waals surface area contributed by atoms with Crippen molar-refractivity contribution in [2.24, 2.45) is 5.73 Å². The van der Waals surface area contributed by atoms with E-state index in [1.54, 1.807) is 18.0 Å². The standard InChI is InChI=1S/C14H20N4O/c1-18(14(19)17-12-6-3-7-12)9-10-4-2-5-11(8-10)13(15)16/h2,4-5,8,12H,3,6-7,9H2,1H3,(H3,15,16)(H,17,19). The number of amides is 2. The molecule has 2 rings (SSSR count). The molecule has 1 aromatic rings. The maximum atomic E-state index is 11.9. The van der Waals surface area contributed by atoms with E-state index in [0.717, 1.165) is 18.4 Å². The summed E-state index contributed by atoms with van der Waals surface area (Å²) in [5.41, 5.74) is 7.11. The Hall–Kier alpha value is -2.04. The van der Waals surface area contributed by atoms with Crippen LogP contribution in [0.5, 0.6) is 0 Å². The summed E-state index contributed by atoms with van der Waals surface area (Å²) in [6.07, 6.45) is 3.37. The third kappa shape index (κ3) is 3.47. The minimum Gasteiger partial charge on any atom is -0.384 e. The number of urea groups is 1. The first kappa shape index (κ1) is 13.4. The number of nitrogens with one attached hydrogen (secondary N) is 2. The molecule has 5 heteroatoms. The van der Waals surface area contributed by atoms with E-state index in [2.05, 4.69) is 5.32 Å². The molecule has 0 saturated heterocycles. The molecule has 0 heterocycles. The molecule has 0 spiro atoms. The highest BCUT2D eigenvalue weighted by Crippen LogP contribution is 2.18. The van der Waals surface area contributed by atoms with E-state index in [-0.39, 0.29) is 11.9 Å². The van der Waals surface area contributed by atoms with Gasteiger partial charge in [0.1, 0.15) is 5.84 Å². The van der Waals surface area contributed by atoms with Crippen LogP contribution in [0.4, 0.5) is 4.79 Å². The number of benzene rings is 1. The molecular weight excluding hydrogens is 240 g/mol. The van der Waals surface area contributed by atoms with Crippen LogP contribution in [0.3, 0.4) is 0 Å². The number of hydrogen-bond acceptors (Lipinski definition) is 2. The molecule has 102 valence electrons. The number of carbonyl (C=O) groups excluding carboxylic acids is 1. The summed E-state index contributed by atoms with van der Waals surface area (Å²) in [6.45, 7) is 0.514. The second-order valence-corrected chi connectivity index (χ2v) is 5.05. The number of nitrogen functional groups attached to an aromatic ring is 1. The number of carbonyl (C=O) groups is 1. The Morgan fingerprint density at radius 2 is 2.26 bits per heavy atom. The largest absolute Gasteiger partial charge is 0.384 e. The van der Waals surface area contributed by atoms with Crippen molar-refractivity contribution in [2.45, 2.75) is 31.8 Å². The molecule has 0 aliphatic heterocycles. The molecule has 2 amide bonds. The van der Waals surface area contributed by atoms with E-state index in [1.165, 1.54) is 6.42 Å². The zero-order valence-electron chi connectivity index (χ0n) is 11.1. The molecule has 1 aliphatic carbocycles. The SMILES string of the molecule is CN(Cc1cccc(C(=N)N)c1)C(=O)NC1CCC1. The van der Waals surface area contributed by atoms with E-state index in [9.17, 15) is 4.79 Å². The fraction of sp³-hybridized carbons (Fsp3) is 0.429. The Kier molecular flexibility index (Phi) is 4.04. The van der Waals surface area contributed by atoms with Crippen LogP contribution in [-0.4, -0.2) is 29.9 Å². The summed E-state index contributed by atoms with van der Waals surface area (Å²) in [5, 5.41) is 10.4. The summed E-state index contributed by atoms with van der Waals surface area (Å²) in [5.74, 6) is 0.0448. The quantitative estimate of drug-likeness (QED) is 0.568. The minimum atomic E-state index is -0.0436. The maximum Gasteiger partial charge on any atom is 0.317 e. The Morgan fingerprint density at radius 1 is 1.53 bits per heavy atom. The monoisotopic (exact) mass is 260 g/mol. The molecule has 5 nitrogen and oxygen atoms in total. The molecule has 0 unspecified atom stereocenters. The average molecular weight is 260 g/mol. The molecule has 1 fully saturated rings. The number of hydrogen-bond donors (Lipinski definition) is 3. The number of rotatable bonds is 4. The van der Waals surface area contributed by atoms with Gasteiger partial charge in [-0.25, -0.2) is 4.79 Å². The Balaban J connectivity index is 1.93. The molecule has 0 aromatic heterocycles. The zero-order chi connectivity index (χ0) is 13.8. The van der Waals surface area contributed by atoms with Gasteiger partial charge in [0.2, 0.25) is 0 Å². The van der Waals surface area contributed by atoms with Gasteiger partial charge in [0.15, 0.2) is 0 Å². The van der Waals surface area contributed by atoms with Crippen molar-refractivity contribution in [3.05, 3.63) is 35.4 Å². The van der Waals surface area contributed by atoms with Crippen LogP contribution in [0.25, 0.3) is 0 Å². The van der Waals surface area contributed by atoms with E-state index in [4.69, 9.17) is 11.1 Å². The fourth-order valence-corrected chi connectivity index (χ4v) is 2.02.